The van der Waals surface area contributed by atoms with Crippen LogP contribution in [-0.2, 0) is 6.54 Å². The SMILES string of the molecule is N#Cc1cccc(NCc2ccc(-c3ccn[nH]3)cc2)n1. The molecule has 5 heteroatoms. The van der Waals surface area contributed by atoms with Crippen LogP contribution in [0.25, 0.3) is 11.3 Å². The Morgan fingerprint density at radius 1 is 1.10 bits per heavy atom. The molecule has 2 heterocycles. The molecule has 0 unspecified atom stereocenters. The molecule has 5 nitrogen and oxygen atoms in total. The van der Waals surface area contributed by atoms with Gasteiger partial charge in [0.1, 0.15) is 17.6 Å². The third-order valence-corrected chi connectivity index (χ3v) is 3.10. The highest BCUT2D eigenvalue weighted by molar-refractivity contribution is 5.58. The maximum absolute atomic E-state index is 8.82. The van der Waals surface area contributed by atoms with Crippen molar-refractivity contribution in [3.63, 3.8) is 0 Å². The summed E-state index contributed by atoms with van der Waals surface area (Å²) < 4.78 is 0. The van der Waals surface area contributed by atoms with Crippen molar-refractivity contribution in [3.05, 3.63) is 66.0 Å². The van der Waals surface area contributed by atoms with Crippen LogP contribution in [0.2, 0.25) is 0 Å². The Labute approximate surface area is 122 Å². The van der Waals surface area contributed by atoms with Gasteiger partial charge in [0.25, 0.3) is 0 Å². The number of aromatic amines is 1. The van der Waals surface area contributed by atoms with Gasteiger partial charge in [-0.3, -0.25) is 5.10 Å². The van der Waals surface area contributed by atoms with Gasteiger partial charge in [0.2, 0.25) is 0 Å². The standard InChI is InChI=1S/C16H13N5/c17-10-14-2-1-3-16(20-14)18-11-12-4-6-13(7-5-12)15-8-9-19-21-15/h1-9H,11H2,(H,18,20)(H,19,21). The fraction of sp³-hybridized carbons (Fsp3) is 0.0625. The molecule has 21 heavy (non-hydrogen) atoms. The predicted molar refractivity (Wildman–Crippen MR) is 80.3 cm³/mol. The van der Waals surface area contributed by atoms with Crippen LogP contribution in [0.5, 0.6) is 0 Å². The first kappa shape index (κ1) is 12.9. The molecule has 0 aliphatic rings. The Morgan fingerprint density at radius 2 is 1.95 bits per heavy atom. The van der Waals surface area contributed by atoms with E-state index in [1.807, 2.05) is 36.4 Å². The largest absolute Gasteiger partial charge is 0.366 e. The van der Waals surface area contributed by atoms with E-state index in [-0.39, 0.29) is 0 Å². The molecular formula is C16H13N5. The van der Waals surface area contributed by atoms with Crippen LogP contribution >= 0.6 is 0 Å². The molecule has 3 aromatic rings. The Hall–Kier alpha value is -3.13. The maximum Gasteiger partial charge on any atom is 0.142 e. The molecule has 2 aromatic heterocycles. The van der Waals surface area contributed by atoms with Gasteiger partial charge in [0.15, 0.2) is 0 Å². The predicted octanol–water partition coefficient (Wildman–Crippen LogP) is 2.96. The number of nitrogens with one attached hydrogen (secondary N) is 2. The Balaban J connectivity index is 1.67. The van der Waals surface area contributed by atoms with Crippen molar-refractivity contribution in [3.8, 4) is 17.3 Å². The van der Waals surface area contributed by atoms with Gasteiger partial charge in [-0.2, -0.15) is 10.4 Å². The zero-order valence-electron chi connectivity index (χ0n) is 11.2. The molecule has 0 fully saturated rings. The van der Waals surface area contributed by atoms with Crippen LogP contribution in [0.1, 0.15) is 11.3 Å². The number of nitrogens with zero attached hydrogens (tertiary/aromatic N) is 3. The zero-order valence-corrected chi connectivity index (χ0v) is 11.2. The van der Waals surface area contributed by atoms with Crippen molar-refractivity contribution < 1.29 is 0 Å². The Bertz CT molecular complexity index is 754. The van der Waals surface area contributed by atoms with Crippen LogP contribution in [-0.4, -0.2) is 15.2 Å². The highest BCUT2D eigenvalue weighted by Gasteiger charge is 2.00. The van der Waals surface area contributed by atoms with Gasteiger partial charge < -0.3 is 5.32 Å². The molecule has 0 atom stereocenters. The van der Waals surface area contributed by atoms with Crippen molar-refractivity contribution in [2.75, 3.05) is 5.32 Å². The minimum absolute atomic E-state index is 0.412. The molecule has 0 amide bonds. The Kier molecular flexibility index (Phi) is 3.61. The van der Waals surface area contributed by atoms with Gasteiger partial charge in [-0.25, -0.2) is 4.98 Å². The molecule has 2 N–H and O–H groups in total. The average Bonchev–Trinajstić information content (AvgIpc) is 3.08. The lowest BCUT2D eigenvalue weighted by Crippen LogP contribution is -2.01. The van der Waals surface area contributed by atoms with E-state index < -0.39 is 0 Å². The summed E-state index contributed by atoms with van der Waals surface area (Å²) in [4.78, 5) is 4.18. The number of pyridine rings is 1. The second-order valence-corrected chi connectivity index (χ2v) is 4.54. The molecule has 0 aliphatic heterocycles. The lowest BCUT2D eigenvalue weighted by atomic mass is 10.1. The first-order valence-electron chi connectivity index (χ1n) is 6.55. The van der Waals surface area contributed by atoms with Crippen LogP contribution in [0.4, 0.5) is 5.82 Å². The van der Waals surface area contributed by atoms with Gasteiger partial charge in [0, 0.05) is 12.7 Å². The number of nitriles is 1. The molecule has 0 aliphatic carbocycles. The fourth-order valence-electron chi connectivity index (χ4n) is 2.01. The lowest BCUT2D eigenvalue weighted by molar-refractivity contribution is 1.09. The number of aromatic nitrogens is 3. The quantitative estimate of drug-likeness (QED) is 0.767. The molecule has 0 spiro atoms. The van der Waals surface area contributed by atoms with Crippen molar-refractivity contribution in [1.29, 1.82) is 5.26 Å². The average molecular weight is 275 g/mol. The number of hydrogen-bond acceptors (Lipinski definition) is 4. The lowest BCUT2D eigenvalue weighted by Gasteiger charge is -2.06. The third-order valence-electron chi connectivity index (χ3n) is 3.10. The van der Waals surface area contributed by atoms with E-state index >= 15 is 0 Å². The highest BCUT2D eigenvalue weighted by atomic mass is 15.1. The van der Waals surface area contributed by atoms with Crippen LogP contribution in [0.15, 0.2) is 54.7 Å². The van der Waals surface area contributed by atoms with Crippen molar-refractivity contribution in [2.45, 2.75) is 6.54 Å². The minimum Gasteiger partial charge on any atom is -0.366 e. The molecule has 1 aromatic carbocycles. The normalized spacial score (nSPS) is 10.0. The van der Waals surface area contributed by atoms with E-state index in [2.05, 4.69) is 32.6 Å². The topological polar surface area (TPSA) is 77.4 Å². The number of benzene rings is 1. The van der Waals surface area contributed by atoms with Crippen LogP contribution < -0.4 is 5.32 Å². The highest BCUT2D eigenvalue weighted by Crippen LogP contribution is 2.17. The van der Waals surface area contributed by atoms with Gasteiger partial charge in [-0.1, -0.05) is 30.3 Å². The van der Waals surface area contributed by atoms with Gasteiger partial charge >= 0.3 is 0 Å². The summed E-state index contributed by atoms with van der Waals surface area (Å²) >= 11 is 0. The summed E-state index contributed by atoms with van der Waals surface area (Å²) in [5.41, 5.74) is 3.65. The van der Waals surface area contributed by atoms with Crippen LogP contribution in [0, 0.1) is 11.3 Å². The summed E-state index contributed by atoms with van der Waals surface area (Å²) in [6.07, 6.45) is 1.73. The van der Waals surface area contributed by atoms with E-state index in [4.69, 9.17) is 5.26 Å². The minimum atomic E-state index is 0.412. The monoisotopic (exact) mass is 275 g/mol. The number of rotatable bonds is 4. The number of anilines is 1. The van der Waals surface area contributed by atoms with Crippen molar-refractivity contribution >= 4 is 5.82 Å². The zero-order chi connectivity index (χ0) is 14.5. The number of hydrogen-bond donors (Lipinski definition) is 2. The summed E-state index contributed by atoms with van der Waals surface area (Å²) in [7, 11) is 0. The van der Waals surface area contributed by atoms with Crippen molar-refractivity contribution in [1.82, 2.24) is 15.2 Å². The second kappa shape index (κ2) is 5.88. The van der Waals surface area contributed by atoms with E-state index in [1.54, 1.807) is 12.3 Å². The fourth-order valence-corrected chi connectivity index (χ4v) is 2.01. The van der Waals surface area contributed by atoms with E-state index in [9.17, 15) is 0 Å². The van der Waals surface area contributed by atoms with Crippen molar-refractivity contribution in [2.24, 2.45) is 0 Å². The van der Waals surface area contributed by atoms with Gasteiger partial charge in [0.05, 0.1) is 5.69 Å². The summed E-state index contributed by atoms with van der Waals surface area (Å²) in [6, 6.07) is 17.5. The molecule has 3 rings (SSSR count). The van der Waals surface area contributed by atoms with E-state index in [0.717, 1.165) is 16.8 Å². The molecule has 0 bridgehead atoms. The van der Waals surface area contributed by atoms with Gasteiger partial charge in [-0.05, 0) is 29.3 Å². The second-order valence-electron chi connectivity index (χ2n) is 4.54. The van der Waals surface area contributed by atoms with E-state index in [1.165, 1.54) is 0 Å². The van der Waals surface area contributed by atoms with Gasteiger partial charge in [-0.15, -0.1) is 0 Å². The third kappa shape index (κ3) is 3.07. The first-order valence-corrected chi connectivity index (χ1v) is 6.55. The first-order chi connectivity index (χ1) is 10.3. The summed E-state index contributed by atoms with van der Waals surface area (Å²) in [5, 5.41) is 18.9. The summed E-state index contributed by atoms with van der Waals surface area (Å²) in [5.74, 6) is 0.701. The van der Waals surface area contributed by atoms with E-state index in [0.29, 0.717) is 18.1 Å². The smallest absolute Gasteiger partial charge is 0.142 e. The molecule has 102 valence electrons. The molecule has 0 radical (unpaired) electrons. The summed E-state index contributed by atoms with van der Waals surface area (Å²) in [6.45, 7) is 0.658. The van der Waals surface area contributed by atoms with Crippen LogP contribution in [0.3, 0.4) is 0 Å². The Morgan fingerprint density at radius 3 is 2.67 bits per heavy atom. The molecule has 0 saturated carbocycles. The number of H-pyrrole nitrogens is 1. The maximum atomic E-state index is 8.82. The molecule has 0 saturated heterocycles. The molecular weight excluding hydrogens is 262 g/mol.